The van der Waals surface area contributed by atoms with E-state index >= 15 is 0 Å². The van der Waals surface area contributed by atoms with Crippen LogP contribution in [0.4, 0.5) is 0 Å². The third kappa shape index (κ3) is 2.95. The summed E-state index contributed by atoms with van der Waals surface area (Å²) < 4.78 is 16.8. The Labute approximate surface area is 128 Å². The molecular formula is C14H8BrN3O3. The smallest absolute Gasteiger partial charge is 0.283 e. The van der Waals surface area contributed by atoms with E-state index in [0.717, 1.165) is 0 Å². The second kappa shape index (κ2) is 5.81. The lowest BCUT2D eigenvalue weighted by molar-refractivity contribution is 0.263. The first-order chi connectivity index (χ1) is 10.3. The first kappa shape index (κ1) is 13.4. The van der Waals surface area contributed by atoms with Gasteiger partial charge in [0.05, 0.1) is 5.56 Å². The topological polar surface area (TPSA) is 85.1 Å². The molecule has 0 unspecified atom stereocenters. The zero-order valence-electron chi connectivity index (χ0n) is 10.6. The Hall–Kier alpha value is -2.59. The Morgan fingerprint density at radius 2 is 2.00 bits per heavy atom. The van der Waals surface area contributed by atoms with Crippen molar-refractivity contribution >= 4 is 15.9 Å². The molecule has 0 atom stereocenters. The number of furan rings is 1. The van der Waals surface area contributed by atoms with Crippen LogP contribution in [-0.2, 0) is 6.61 Å². The predicted molar refractivity (Wildman–Crippen MR) is 75.2 cm³/mol. The standard InChI is InChI=1S/C14H8BrN3O3/c15-12-6-5-11(20-12)14-18-17-13(21-14)8-19-10-4-2-1-3-9(10)7-16/h1-6H,8H2. The summed E-state index contributed by atoms with van der Waals surface area (Å²) >= 11 is 3.20. The molecule has 2 heterocycles. The number of hydrogen-bond donors (Lipinski definition) is 0. The quantitative estimate of drug-likeness (QED) is 0.718. The third-order valence-corrected chi connectivity index (χ3v) is 3.04. The molecule has 0 aliphatic heterocycles. The highest BCUT2D eigenvalue weighted by molar-refractivity contribution is 9.10. The van der Waals surface area contributed by atoms with E-state index in [1.807, 2.05) is 0 Å². The van der Waals surface area contributed by atoms with Crippen molar-refractivity contribution in [3.05, 3.63) is 52.5 Å². The average Bonchev–Trinajstić information content (AvgIpc) is 3.14. The zero-order chi connectivity index (χ0) is 14.7. The van der Waals surface area contributed by atoms with Crippen LogP contribution in [0.1, 0.15) is 11.5 Å². The van der Waals surface area contributed by atoms with Crippen LogP contribution in [0.5, 0.6) is 5.75 Å². The summed E-state index contributed by atoms with van der Waals surface area (Å²) in [6.07, 6.45) is 0. The molecule has 0 aliphatic rings. The first-order valence-electron chi connectivity index (χ1n) is 5.96. The van der Waals surface area contributed by atoms with Gasteiger partial charge in [0.1, 0.15) is 11.8 Å². The highest BCUT2D eigenvalue weighted by Gasteiger charge is 2.13. The summed E-state index contributed by atoms with van der Waals surface area (Å²) in [4.78, 5) is 0. The molecule has 104 valence electrons. The minimum Gasteiger partial charge on any atom is -0.482 e. The number of aromatic nitrogens is 2. The van der Waals surface area contributed by atoms with Gasteiger partial charge in [-0.25, -0.2) is 0 Å². The van der Waals surface area contributed by atoms with Crippen molar-refractivity contribution in [2.75, 3.05) is 0 Å². The molecule has 0 aliphatic carbocycles. The summed E-state index contributed by atoms with van der Waals surface area (Å²) in [6.45, 7) is 0.0770. The zero-order valence-corrected chi connectivity index (χ0v) is 12.2. The Bertz CT molecular complexity index is 804. The molecule has 0 N–H and O–H groups in total. The highest BCUT2D eigenvalue weighted by Crippen LogP contribution is 2.24. The van der Waals surface area contributed by atoms with Crippen molar-refractivity contribution in [2.24, 2.45) is 0 Å². The number of halogens is 1. The van der Waals surface area contributed by atoms with E-state index < -0.39 is 0 Å². The normalized spacial score (nSPS) is 10.3. The lowest BCUT2D eigenvalue weighted by Gasteiger charge is -2.04. The molecule has 1 aromatic carbocycles. The summed E-state index contributed by atoms with van der Waals surface area (Å²) in [5.41, 5.74) is 0.451. The van der Waals surface area contributed by atoms with Crippen molar-refractivity contribution < 1.29 is 13.6 Å². The second-order valence-electron chi connectivity index (χ2n) is 4.00. The average molecular weight is 346 g/mol. The van der Waals surface area contributed by atoms with Crippen molar-refractivity contribution in [1.82, 2.24) is 10.2 Å². The molecule has 0 radical (unpaired) electrons. The van der Waals surface area contributed by atoms with E-state index in [1.165, 1.54) is 0 Å². The van der Waals surface area contributed by atoms with Gasteiger partial charge in [0.2, 0.25) is 0 Å². The number of rotatable bonds is 4. The van der Waals surface area contributed by atoms with E-state index in [9.17, 15) is 0 Å². The Kier molecular flexibility index (Phi) is 3.71. The van der Waals surface area contributed by atoms with Gasteiger partial charge >= 0.3 is 0 Å². The molecule has 0 fully saturated rings. The van der Waals surface area contributed by atoms with Crippen LogP contribution in [0.2, 0.25) is 0 Å². The van der Waals surface area contributed by atoms with Crippen molar-refractivity contribution in [3.63, 3.8) is 0 Å². The molecule has 2 aromatic heterocycles. The number of benzene rings is 1. The van der Waals surface area contributed by atoms with Crippen LogP contribution < -0.4 is 4.74 Å². The fraction of sp³-hybridized carbons (Fsp3) is 0.0714. The molecule has 3 rings (SSSR count). The molecule has 7 heteroatoms. The first-order valence-corrected chi connectivity index (χ1v) is 6.75. The van der Waals surface area contributed by atoms with Crippen LogP contribution in [-0.4, -0.2) is 10.2 Å². The molecule has 3 aromatic rings. The van der Waals surface area contributed by atoms with Gasteiger partial charge in [-0.3, -0.25) is 0 Å². The molecule has 21 heavy (non-hydrogen) atoms. The van der Waals surface area contributed by atoms with Crippen LogP contribution in [0, 0.1) is 11.3 Å². The minimum atomic E-state index is 0.0770. The number of para-hydroxylation sites is 1. The van der Waals surface area contributed by atoms with Crippen LogP contribution in [0.25, 0.3) is 11.7 Å². The number of hydrogen-bond acceptors (Lipinski definition) is 6. The number of ether oxygens (including phenoxy) is 1. The van der Waals surface area contributed by atoms with Gasteiger partial charge in [-0.2, -0.15) is 5.26 Å². The minimum absolute atomic E-state index is 0.0770. The van der Waals surface area contributed by atoms with Gasteiger partial charge < -0.3 is 13.6 Å². The largest absolute Gasteiger partial charge is 0.482 e. The van der Waals surface area contributed by atoms with Gasteiger partial charge in [-0.05, 0) is 40.2 Å². The molecule has 0 saturated heterocycles. The highest BCUT2D eigenvalue weighted by atomic mass is 79.9. The fourth-order valence-corrected chi connectivity index (χ4v) is 1.97. The van der Waals surface area contributed by atoms with Crippen LogP contribution in [0.3, 0.4) is 0 Å². The lowest BCUT2D eigenvalue weighted by Crippen LogP contribution is -1.97. The summed E-state index contributed by atoms with van der Waals surface area (Å²) in [7, 11) is 0. The Morgan fingerprint density at radius 1 is 1.14 bits per heavy atom. The third-order valence-electron chi connectivity index (χ3n) is 2.61. The van der Waals surface area contributed by atoms with Gasteiger partial charge in [-0.15, -0.1) is 10.2 Å². The van der Waals surface area contributed by atoms with E-state index in [1.54, 1.807) is 36.4 Å². The monoisotopic (exact) mass is 345 g/mol. The fourth-order valence-electron chi connectivity index (χ4n) is 1.67. The van der Waals surface area contributed by atoms with Gasteiger partial charge in [-0.1, -0.05) is 12.1 Å². The van der Waals surface area contributed by atoms with Crippen LogP contribution in [0.15, 0.2) is 49.9 Å². The molecule has 0 spiro atoms. The van der Waals surface area contributed by atoms with Gasteiger partial charge in [0.25, 0.3) is 11.8 Å². The number of nitriles is 1. The molecule has 6 nitrogen and oxygen atoms in total. The van der Waals surface area contributed by atoms with Crippen molar-refractivity contribution in [3.8, 4) is 23.5 Å². The Morgan fingerprint density at radius 3 is 2.76 bits per heavy atom. The maximum Gasteiger partial charge on any atom is 0.283 e. The van der Waals surface area contributed by atoms with Gasteiger partial charge in [0.15, 0.2) is 17.0 Å². The van der Waals surface area contributed by atoms with Gasteiger partial charge in [0, 0.05) is 0 Å². The molecule has 0 amide bonds. The lowest BCUT2D eigenvalue weighted by atomic mass is 10.2. The van der Waals surface area contributed by atoms with E-state index in [4.69, 9.17) is 18.8 Å². The van der Waals surface area contributed by atoms with E-state index in [-0.39, 0.29) is 12.5 Å². The van der Waals surface area contributed by atoms with Crippen LogP contribution >= 0.6 is 15.9 Å². The maximum atomic E-state index is 8.97. The van der Waals surface area contributed by atoms with E-state index in [2.05, 4.69) is 32.2 Å². The summed E-state index contributed by atoms with van der Waals surface area (Å²) in [5.74, 6) is 1.51. The Balaban J connectivity index is 1.72. The molecule has 0 saturated carbocycles. The summed E-state index contributed by atoms with van der Waals surface area (Å²) in [5, 5.41) is 16.7. The van der Waals surface area contributed by atoms with Crippen molar-refractivity contribution in [1.29, 1.82) is 5.26 Å². The molecule has 0 bridgehead atoms. The number of nitrogens with zero attached hydrogens (tertiary/aromatic N) is 3. The predicted octanol–water partition coefficient (Wildman–Crippen LogP) is 3.54. The summed E-state index contributed by atoms with van der Waals surface area (Å²) in [6, 6.07) is 12.4. The second-order valence-corrected chi connectivity index (χ2v) is 4.78. The maximum absolute atomic E-state index is 8.97. The molecular weight excluding hydrogens is 338 g/mol. The SMILES string of the molecule is N#Cc1ccccc1OCc1nnc(-c2ccc(Br)o2)o1. The van der Waals surface area contributed by atoms with E-state index in [0.29, 0.717) is 27.6 Å². The van der Waals surface area contributed by atoms with Crippen molar-refractivity contribution in [2.45, 2.75) is 6.61 Å².